The third-order valence-electron chi connectivity index (χ3n) is 3.31. The maximum Gasteiger partial charge on any atom is 0.138 e. The summed E-state index contributed by atoms with van der Waals surface area (Å²) in [6.07, 6.45) is 3.18. The van der Waals surface area contributed by atoms with E-state index in [1.54, 1.807) is 23.1 Å². The minimum atomic E-state index is 0.0572. The van der Waals surface area contributed by atoms with Gasteiger partial charge < -0.3 is 10.4 Å². The highest BCUT2D eigenvalue weighted by molar-refractivity contribution is 5.61. The highest BCUT2D eigenvalue weighted by Crippen LogP contribution is 2.25. The summed E-state index contributed by atoms with van der Waals surface area (Å²) in [5, 5.41) is 17.2. The van der Waals surface area contributed by atoms with E-state index in [2.05, 4.69) is 15.4 Å². The second kappa shape index (κ2) is 5.66. The van der Waals surface area contributed by atoms with Gasteiger partial charge in [-0.3, -0.25) is 0 Å². The van der Waals surface area contributed by atoms with Gasteiger partial charge in [0.25, 0.3) is 0 Å². The molecule has 0 aliphatic heterocycles. The van der Waals surface area contributed by atoms with Crippen LogP contribution in [0.25, 0.3) is 5.69 Å². The van der Waals surface area contributed by atoms with Crippen LogP contribution in [-0.2, 0) is 0 Å². The molecule has 1 aromatic heterocycles. The molecule has 21 heavy (non-hydrogen) atoms. The Morgan fingerprint density at radius 1 is 1.14 bits per heavy atom. The topological polar surface area (TPSA) is 63.0 Å². The molecule has 3 rings (SSSR count). The highest BCUT2D eigenvalue weighted by atomic mass is 16.3. The van der Waals surface area contributed by atoms with E-state index in [9.17, 15) is 5.11 Å². The zero-order valence-electron chi connectivity index (χ0n) is 11.6. The summed E-state index contributed by atoms with van der Waals surface area (Å²) in [5.41, 5.74) is 2.91. The second-order valence-electron chi connectivity index (χ2n) is 4.82. The van der Waals surface area contributed by atoms with Crippen LogP contribution in [0, 0.1) is 0 Å². The Hall–Kier alpha value is -2.82. The fourth-order valence-electron chi connectivity index (χ4n) is 2.24. The van der Waals surface area contributed by atoms with Gasteiger partial charge >= 0.3 is 0 Å². The van der Waals surface area contributed by atoms with Crippen molar-refractivity contribution in [3.8, 4) is 11.4 Å². The Labute approximate surface area is 122 Å². The van der Waals surface area contributed by atoms with E-state index >= 15 is 0 Å². The van der Waals surface area contributed by atoms with Crippen molar-refractivity contribution in [2.24, 2.45) is 0 Å². The lowest BCUT2D eigenvalue weighted by Crippen LogP contribution is -2.09. The van der Waals surface area contributed by atoms with Gasteiger partial charge in [-0.15, -0.1) is 0 Å². The normalized spacial score (nSPS) is 12.0. The van der Waals surface area contributed by atoms with Crippen LogP contribution in [0.1, 0.15) is 18.5 Å². The van der Waals surface area contributed by atoms with Crippen molar-refractivity contribution >= 4 is 5.69 Å². The molecule has 0 saturated heterocycles. The van der Waals surface area contributed by atoms with E-state index in [0.717, 1.165) is 16.9 Å². The molecule has 0 aliphatic rings. The molecule has 5 nitrogen and oxygen atoms in total. The summed E-state index contributed by atoms with van der Waals surface area (Å²) < 4.78 is 1.72. The van der Waals surface area contributed by atoms with Crippen molar-refractivity contribution < 1.29 is 5.11 Å². The first kappa shape index (κ1) is 13.2. The smallest absolute Gasteiger partial charge is 0.138 e. The number of nitrogens with zero attached hydrogens (tertiary/aromatic N) is 3. The fraction of sp³-hybridized carbons (Fsp3) is 0.125. The number of aromatic nitrogens is 3. The van der Waals surface area contributed by atoms with E-state index in [0.29, 0.717) is 0 Å². The SMILES string of the molecule is CC(Nc1ccccc1-n1cncn1)c1cccc(O)c1. The van der Waals surface area contributed by atoms with Crippen LogP contribution in [0.2, 0.25) is 0 Å². The summed E-state index contributed by atoms with van der Waals surface area (Å²) in [4.78, 5) is 3.98. The Morgan fingerprint density at radius 2 is 2.00 bits per heavy atom. The van der Waals surface area contributed by atoms with Crippen LogP contribution in [0.3, 0.4) is 0 Å². The van der Waals surface area contributed by atoms with Crippen molar-refractivity contribution in [1.82, 2.24) is 14.8 Å². The molecule has 0 fully saturated rings. The molecule has 0 aliphatic carbocycles. The monoisotopic (exact) mass is 280 g/mol. The Bertz CT molecular complexity index is 725. The summed E-state index contributed by atoms with van der Waals surface area (Å²) >= 11 is 0. The van der Waals surface area contributed by atoms with E-state index in [-0.39, 0.29) is 11.8 Å². The molecule has 0 bridgehead atoms. The number of nitrogens with one attached hydrogen (secondary N) is 1. The summed E-state index contributed by atoms with van der Waals surface area (Å²) in [6, 6.07) is 15.2. The van der Waals surface area contributed by atoms with E-state index in [1.807, 2.05) is 43.3 Å². The quantitative estimate of drug-likeness (QED) is 0.770. The van der Waals surface area contributed by atoms with E-state index in [4.69, 9.17) is 0 Å². The predicted molar refractivity (Wildman–Crippen MR) is 81.5 cm³/mol. The molecule has 3 aromatic rings. The fourth-order valence-corrected chi connectivity index (χ4v) is 2.24. The number of anilines is 1. The Balaban J connectivity index is 1.88. The zero-order chi connectivity index (χ0) is 14.7. The molecule has 2 aromatic carbocycles. The number of rotatable bonds is 4. The van der Waals surface area contributed by atoms with Crippen LogP contribution in [-0.4, -0.2) is 19.9 Å². The number of hydrogen-bond acceptors (Lipinski definition) is 4. The number of benzene rings is 2. The zero-order valence-corrected chi connectivity index (χ0v) is 11.6. The summed E-state index contributed by atoms with van der Waals surface area (Å²) in [5.74, 6) is 0.269. The molecule has 0 saturated carbocycles. The van der Waals surface area contributed by atoms with E-state index < -0.39 is 0 Å². The van der Waals surface area contributed by atoms with Crippen molar-refractivity contribution in [3.05, 3.63) is 66.7 Å². The van der Waals surface area contributed by atoms with Crippen molar-refractivity contribution in [3.63, 3.8) is 0 Å². The molecule has 1 atom stereocenters. The third kappa shape index (κ3) is 2.86. The molecule has 1 unspecified atom stereocenters. The first-order chi connectivity index (χ1) is 10.2. The lowest BCUT2D eigenvalue weighted by molar-refractivity contribution is 0.474. The van der Waals surface area contributed by atoms with Crippen molar-refractivity contribution in [2.45, 2.75) is 13.0 Å². The van der Waals surface area contributed by atoms with Gasteiger partial charge in [0.15, 0.2) is 0 Å². The van der Waals surface area contributed by atoms with Crippen LogP contribution in [0.15, 0.2) is 61.2 Å². The number of aromatic hydroxyl groups is 1. The van der Waals surface area contributed by atoms with Crippen LogP contribution in [0.4, 0.5) is 5.69 Å². The van der Waals surface area contributed by atoms with Crippen LogP contribution >= 0.6 is 0 Å². The minimum absolute atomic E-state index is 0.0572. The molecule has 5 heteroatoms. The van der Waals surface area contributed by atoms with Gasteiger partial charge in [-0.25, -0.2) is 9.67 Å². The second-order valence-corrected chi connectivity index (χ2v) is 4.82. The van der Waals surface area contributed by atoms with Gasteiger partial charge in [-0.2, -0.15) is 5.10 Å². The molecule has 0 radical (unpaired) electrons. The average Bonchev–Trinajstić information content (AvgIpc) is 3.02. The standard InChI is InChI=1S/C16H16N4O/c1-12(13-5-4-6-14(21)9-13)19-15-7-2-3-8-16(15)20-11-17-10-18-20/h2-12,19,21H,1H3. The average molecular weight is 280 g/mol. The molecule has 106 valence electrons. The molecular formula is C16H16N4O. The van der Waals surface area contributed by atoms with Crippen LogP contribution in [0.5, 0.6) is 5.75 Å². The lowest BCUT2D eigenvalue weighted by atomic mass is 10.1. The number of phenolic OH excluding ortho intramolecular Hbond substituents is 1. The van der Waals surface area contributed by atoms with E-state index in [1.165, 1.54) is 6.33 Å². The van der Waals surface area contributed by atoms with Crippen LogP contribution < -0.4 is 5.32 Å². The number of phenols is 1. The Kier molecular flexibility index (Phi) is 3.55. The van der Waals surface area contributed by atoms with Crippen molar-refractivity contribution in [2.75, 3.05) is 5.32 Å². The number of para-hydroxylation sites is 2. The molecular weight excluding hydrogens is 264 g/mol. The summed E-state index contributed by atoms with van der Waals surface area (Å²) in [7, 11) is 0. The third-order valence-corrected chi connectivity index (χ3v) is 3.31. The maximum absolute atomic E-state index is 9.58. The Morgan fingerprint density at radius 3 is 2.76 bits per heavy atom. The molecule has 2 N–H and O–H groups in total. The number of hydrogen-bond donors (Lipinski definition) is 2. The van der Waals surface area contributed by atoms with Gasteiger partial charge in [-0.05, 0) is 36.8 Å². The highest BCUT2D eigenvalue weighted by Gasteiger charge is 2.10. The first-order valence-electron chi connectivity index (χ1n) is 6.73. The van der Waals surface area contributed by atoms with Crippen molar-refractivity contribution in [1.29, 1.82) is 0 Å². The molecule has 1 heterocycles. The van der Waals surface area contributed by atoms with Gasteiger partial charge in [0.05, 0.1) is 11.4 Å². The lowest BCUT2D eigenvalue weighted by Gasteiger charge is -2.18. The van der Waals surface area contributed by atoms with Gasteiger partial charge in [0.1, 0.15) is 18.4 Å². The largest absolute Gasteiger partial charge is 0.508 e. The molecule has 0 amide bonds. The van der Waals surface area contributed by atoms with Gasteiger partial charge in [0.2, 0.25) is 0 Å². The predicted octanol–water partition coefficient (Wildman–Crippen LogP) is 3.15. The first-order valence-corrected chi connectivity index (χ1v) is 6.73. The maximum atomic E-state index is 9.58. The van der Waals surface area contributed by atoms with Gasteiger partial charge in [-0.1, -0.05) is 24.3 Å². The van der Waals surface area contributed by atoms with Gasteiger partial charge in [0, 0.05) is 6.04 Å². The molecule has 0 spiro atoms. The summed E-state index contributed by atoms with van der Waals surface area (Å²) in [6.45, 7) is 2.05. The minimum Gasteiger partial charge on any atom is -0.508 e.